The van der Waals surface area contributed by atoms with Gasteiger partial charge in [-0.1, -0.05) is 5.21 Å². The van der Waals surface area contributed by atoms with Crippen molar-refractivity contribution in [1.82, 2.24) is 25.0 Å². The summed E-state index contributed by atoms with van der Waals surface area (Å²) >= 11 is 1.81. The molecule has 1 unspecified atom stereocenters. The Labute approximate surface area is 153 Å². The van der Waals surface area contributed by atoms with Gasteiger partial charge in [-0.2, -0.15) is 0 Å². The van der Waals surface area contributed by atoms with E-state index in [0.717, 1.165) is 48.8 Å². The highest BCUT2D eigenvalue weighted by Gasteiger charge is 2.30. The van der Waals surface area contributed by atoms with Crippen LogP contribution in [0.5, 0.6) is 0 Å². The van der Waals surface area contributed by atoms with Crippen LogP contribution in [0.1, 0.15) is 45.6 Å². The lowest BCUT2D eigenvalue weighted by molar-refractivity contribution is 0.0690. The Morgan fingerprint density at radius 2 is 2.23 bits per heavy atom. The fourth-order valence-electron chi connectivity index (χ4n) is 4.01. The van der Waals surface area contributed by atoms with Gasteiger partial charge >= 0.3 is 5.97 Å². The van der Waals surface area contributed by atoms with Crippen LogP contribution in [-0.2, 0) is 12.8 Å². The molecule has 1 aliphatic carbocycles. The maximum atomic E-state index is 11.0. The van der Waals surface area contributed by atoms with E-state index >= 15 is 0 Å². The van der Waals surface area contributed by atoms with E-state index < -0.39 is 5.97 Å². The second-order valence-corrected chi connectivity index (χ2v) is 7.99. The summed E-state index contributed by atoms with van der Waals surface area (Å²) in [6, 6.07) is 0.104. The van der Waals surface area contributed by atoms with E-state index in [1.807, 2.05) is 6.92 Å². The van der Waals surface area contributed by atoms with E-state index in [4.69, 9.17) is 10.1 Å². The molecule has 1 N–H and O–H groups in total. The molecule has 3 aromatic heterocycles. The molecular formula is C17H18N6O2S. The minimum Gasteiger partial charge on any atom is -0.476 e. The number of carboxylic acids is 1. The summed E-state index contributed by atoms with van der Waals surface area (Å²) in [6.45, 7) is 3.56. The first kappa shape index (κ1) is 15.7. The van der Waals surface area contributed by atoms with E-state index in [0.29, 0.717) is 0 Å². The number of fused-ring (bicyclic) bond motifs is 3. The van der Waals surface area contributed by atoms with Crippen LogP contribution in [0.15, 0.2) is 6.20 Å². The Kier molecular flexibility index (Phi) is 3.46. The molecule has 4 heterocycles. The van der Waals surface area contributed by atoms with Crippen molar-refractivity contribution in [3.8, 4) is 0 Å². The van der Waals surface area contributed by atoms with Gasteiger partial charge in [0, 0.05) is 18.0 Å². The van der Waals surface area contributed by atoms with Crippen molar-refractivity contribution in [2.75, 3.05) is 18.0 Å². The predicted molar refractivity (Wildman–Crippen MR) is 97.0 cm³/mol. The zero-order valence-corrected chi connectivity index (χ0v) is 15.2. The van der Waals surface area contributed by atoms with Crippen LogP contribution in [0.3, 0.4) is 0 Å². The lowest BCUT2D eigenvalue weighted by Gasteiger charge is -2.19. The van der Waals surface area contributed by atoms with Gasteiger partial charge in [0.05, 0.1) is 17.6 Å². The lowest BCUT2D eigenvalue weighted by atomic mass is 10.2. The number of rotatable bonds is 3. The van der Waals surface area contributed by atoms with Crippen LogP contribution in [0.25, 0.3) is 10.2 Å². The fourth-order valence-corrected chi connectivity index (χ4v) is 5.31. The number of hydrogen-bond donors (Lipinski definition) is 1. The van der Waals surface area contributed by atoms with Gasteiger partial charge in [-0.3, -0.25) is 0 Å². The van der Waals surface area contributed by atoms with E-state index in [1.165, 1.54) is 28.4 Å². The molecule has 5 rings (SSSR count). The topological polar surface area (TPSA) is 97.0 Å². The van der Waals surface area contributed by atoms with Crippen molar-refractivity contribution >= 4 is 33.3 Å². The lowest BCUT2D eigenvalue weighted by Crippen LogP contribution is -2.23. The number of carboxylic acid groups (broad SMARTS) is 1. The number of hydrogen-bond acceptors (Lipinski definition) is 7. The average Bonchev–Trinajstić information content (AvgIpc) is 3.35. The number of thiophene rings is 1. The molecule has 0 bridgehead atoms. The number of anilines is 1. The molecule has 2 aliphatic rings. The van der Waals surface area contributed by atoms with Crippen LogP contribution >= 0.6 is 11.3 Å². The van der Waals surface area contributed by atoms with Gasteiger partial charge in [0.15, 0.2) is 5.69 Å². The van der Waals surface area contributed by atoms with Gasteiger partial charge in [0.1, 0.15) is 16.5 Å². The minimum absolute atomic E-state index is 0.0145. The van der Waals surface area contributed by atoms with Gasteiger partial charge < -0.3 is 10.0 Å². The normalized spacial score (nSPS) is 19.4. The third-order valence-electron chi connectivity index (χ3n) is 5.22. The highest BCUT2D eigenvalue weighted by Crippen LogP contribution is 2.41. The van der Waals surface area contributed by atoms with Gasteiger partial charge in [-0.05, 0) is 38.2 Å². The van der Waals surface area contributed by atoms with Crippen molar-refractivity contribution in [3.63, 3.8) is 0 Å². The predicted octanol–water partition coefficient (Wildman–Crippen LogP) is 2.23. The summed E-state index contributed by atoms with van der Waals surface area (Å²) in [5, 5.41) is 18.0. The Hall–Kier alpha value is -2.55. The quantitative estimate of drug-likeness (QED) is 0.755. The second kappa shape index (κ2) is 5.73. The van der Waals surface area contributed by atoms with E-state index in [2.05, 4.69) is 20.2 Å². The van der Waals surface area contributed by atoms with E-state index in [-0.39, 0.29) is 11.7 Å². The van der Waals surface area contributed by atoms with Crippen LogP contribution in [0, 0.1) is 6.92 Å². The molecule has 26 heavy (non-hydrogen) atoms. The summed E-state index contributed by atoms with van der Waals surface area (Å²) in [6.07, 6.45) is 5.87. The molecule has 8 nitrogen and oxygen atoms in total. The van der Waals surface area contributed by atoms with Gasteiger partial charge in [-0.25, -0.2) is 19.4 Å². The molecule has 9 heteroatoms. The third-order valence-corrected chi connectivity index (χ3v) is 6.41. The summed E-state index contributed by atoms with van der Waals surface area (Å²) in [7, 11) is 0. The van der Waals surface area contributed by atoms with Crippen LogP contribution in [-0.4, -0.2) is 49.1 Å². The molecule has 1 fully saturated rings. The molecule has 3 aromatic rings. The standard InChI is InChI=1S/C17H18N6O2S/c1-9-18-15(14-11-3-2-4-13(11)26-16(14)19-9)22-6-5-10(7-22)23-8-12(17(24)25)20-21-23/h8,10H,2-7H2,1H3,(H,24,25). The van der Waals surface area contributed by atoms with Crippen molar-refractivity contribution < 1.29 is 9.90 Å². The van der Waals surface area contributed by atoms with Crippen molar-refractivity contribution in [3.05, 3.63) is 28.2 Å². The average molecular weight is 370 g/mol. The molecule has 1 saturated heterocycles. The summed E-state index contributed by atoms with van der Waals surface area (Å²) in [5.74, 6) is 0.769. The Bertz CT molecular complexity index is 1030. The minimum atomic E-state index is -1.05. The smallest absolute Gasteiger partial charge is 0.358 e. The maximum Gasteiger partial charge on any atom is 0.358 e. The van der Waals surface area contributed by atoms with Crippen LogP contribution < -0.4 is 4.90 Å². The summed E-state index contributed by atoms with van der Waals surface area (Å²) in [4.78, 5) is 25.3. The Morgan fingerprint density at radius 1 is 1.35 bits per heavy atom. The maximum absolute atomic E-state index is 11.0. The van der Waals surface area contributed by atoms with Crippen LogP contribution in [0.2, 0.25) is 0 Å². The van der Waals surface area contributed by atoms with Gasteiger partial charge in [-0.15, -0.1) is 16.4 Å². The zero-order chi connectivity index (χ0) is 17.8. The molecule has 0 aromatic carbocycles. The van der Waals surface area contributed by atoms with Gasteiger partial charge in [0.2, 0.25) is 0 Å². The number of aromatic carboxylic acids is 1. The monoisotopic (exact) mass is 370 g/mol. The molecule has 0 amide bonds. The SMILES string of the molecule is Cc1nc(N2CCC(n3cc(C(=O)O)nn3)C2)c2c3c(sc2n1)CCC3. The highest BCUT2D eigenvalue weighted by molar-refractivity contribution is 7.19. The van der Waals surface area contributed by atoms with Crippen molar-refractivity contribution in [1.29, 1.82) is 0 Å². The molecule has 0 spiro atoms. The molecule has 1 atom stereocenters. The fraction of sp³-hybridized carbons (Fsp3) is 0.471. The van der Waals surface area contributed by atoms with Crippen molar-refractivity contribution in [2.24, 2.45) is 0 Å². The summed E-state index contributed by atoms with van der Waals surface area (Å²) in [5.41, 5.74) is 1.41. The summed E-state index contributed by atoms with van der Waals surface area (Å²) < 4.78 is 1.67. The molecular weight excluding hydrogens is 352 g/mol. The number of aryl methyl sites for hydroxylation is 3. The first-order valence-electron chi connectivity index (χ1n) is 8.79. The van der Waals surface area contributed by atoms with Gasteiger partial charge in [0.25, 0.3) is 0 Å². The molecule has 0 radical (unpaired) electrons. The number of carbonyl (C=O) groups is 1. The highest BCUT2D eigenvalue weighted by atomic mass is 32.1. The number of nitrogens with zero attached hydrogens (tertiary/aromatic N) is 6. The first-order valence-corrected chi connectivity index (χ1v) is 9.61. The van der Waals surface area contributed by atoms with Crippen molar-refractivity contribution in [2.45, 2.75) is 38.6 Å². The first-order chi connectivity index (χ1) is 12.6. The molecule has 134 valence electrons. The zero-order valence-electron chi connectivity index (χ0n) is 14.3. The van der Waals surface area contributed by atoms with E-state index in [1.54, 1.807) is 16.0 Å². The third kappa shape index (κ3) is 2.38. The molecule has 1 aliphatic heterocycles. The Balaban J connectivity index is 1.50. The second-order valence-electron chi connectivity index (χ2n) is 6.91. The largest absolute Gasteiger partial charge is 0.476 e. The molecule has 0 saturated carbocycles. The number of aromatic nitrogens is 5. The Morgan fingerprint density at radius 3 is 3.04 bits per heavy atom. The van der Waals surface area contributed by atoms with E-state index in [9.17, 15) is 4.79 Å². The van der Waals surface area contributed by atoms with Crippen LogP contribution in [0.4, 0.5) is 5.82 Å².